The molecule has 0 aliphatic rings. The molecule has 2 rings (SSSR count). The molecular weight excluding hydrogens is 357 g/mol. The van der Waals surface area contributed by atoms with Crippen LogP contribution in [0.1, 0.15) is 11.1 Å². The van der Waals surface area contributed by atoms with E-state index >= 15 is 0 Å². The number of carboxylic acid groups (broad SMARTS) is 1. The van der Waals surface area contributed by atoms with Crippen LogP contribution in [0, 0.1) is 5.82 Å². The quantitative estimate of drug-likeness (QED) is 0.629. The average Bonchev–Trinajstić information content (AvgIpc) is 2.45. The van der Waals surface area contributed by atoms with Crippen molar-refractivity contribution >= 4 is 39.7 Å². The fraction of sp³-hybridized carbons (Fsp3) is 0.0667. The number of hydrogen-bond acceptors (Lipinski definition) is 3. The van der Waals surface area contributed by atoms with E-state index in [9.17, 15) is 9.18 Å². The summed E-state index contributed by atoms with van der Waals surface area (Å²) in [6.07, 6.45) is 4.09. The van der Waals surface area contributed by atoms with Crippen LogP contribution in [-0.2, 0) is 10.5 Å². The van der Waals surface area contributed by atoms with Crippen LogP contribution in [-0.4, -0.2) is 16.1 Å². The molecule has 0 bridgehead atoms. The van der Waals surface area contributed by atoms with E-state index in [0.29, 0.717) is 11.3 Å². The van der Waals surface area contributed by atoms with E-state index in [1.54, 1.807) is 12.3 Å². The van der Waals surface area contributed by atoms with Crippen LogP contribution in [0.25, 0.3) is 6.08 Å². The summed E-state index contributed by atoms with van der Waals surface area (Å²) in [5, 5.41) is 9.51. The maximum absolute atomic E-state index is 13.3. The van der Waals surface area contributed by atoms with E-state index in [1.807, 2.05) is 12.1 Å². The van der Waals surface area contributed by atoms with Gasteiger partial charge in [-0.15, -0.1) is 11.8 Å². The van der Waals surface area contributed by atoms with Gasteiger partial charge in [0.05, 0.1) is 0 Å². The maximum atomic E-state index is 13.3. The first-order valence-corrected chi connectivity index (χ1v) is 7.77. The monoisotopic (exact) mass is 367 g/mol. The van der Waals surface area contributed by atoms with Crippen LogP contribution < -0.4 is 0 Å². The maximum Gasteiger partial charge on any atom is 0.328 e. The minimum Gasteiger partial charge on any atom is -0.478 e. The van der Waals surface area contributed by atoms with Crippen LogP contribution in [0.2, 0.25) is 0 Å². The first-order valence-electron chi connectivity index (χ1n) is 5.99. The second kappa shape index (κ2) is 7.38. The van der Waals surface area contributed by atoms with Crippen molar-refractivity contribution < 1.29 is 14.3 Å². The molecule has 0 aliphatic carbocycles. The third-order valence-corrected chi connectivity index (χ3v) is 4.56. The molecule has 0 aliphatic heterocycles. The van der Waals surface area contributed by atoms with Crippen LogP contribution in [0.4, 0.5) is 4.39 Å². The van der Waals surface area contributed by atoms with Crippen molar-refractivity contribution in [3.8, 4) is 0 Å². The Labute approximate surface area is 134 Å². The number of thioether (sulfide) groups is 1. The molecule has 6 heteroatoms. The number of carboxylic acids is 1. The molecule has 1 heterocycles. The second-order valence-corrected chi connectivity index (χ2v) is 5.91. The highest BCUT2D eigenvalue weighted by Gasteiger charge is 2.06. The highest BCUT2D eigenvalue weighted by Crippen LogP contribution is 2.29. The van der Waals surface area contributed by atoms with Gasteiger partial charge in [0.2, 0.25) is 0 Å². The number of carbonyl (C=O) groups is 1. The van der Waals surface area contributed by atoms with E-state index in [2.05, 4.69) is 20.9 Å². The zero-order valence-corrected chi connectivity index (χ0v) is 13.2. The van der Waals surface area contributed by atoms with Crippen molar-refractivity contribution in [2.45, 2.75) is 10.8 Å². The third kappa shape index (κ3) is 4.68. The van der Waals surface area contributed by atoms with Crippen molar-refractivity contribution in [1.29, 1.82) is 0 Å². The highest BCUT2D eigenvalue weighted by molar-refractivity contribution is 9.10. The minimum atomic E-state index is -1.06. The van der Waals surface area contributed by atoms with E-state index in [4.69, 9.17) is 5.11 Å². The van der Waals surface area contributed by atoms with Gasteiger partial charge in [-0.3, -0.25) is 0 Å². The number of nitrogens with zero attached hydrogens (tertiary/aromatic N) is 1. The van der Waals surface area contributed by atoms with Gasteiger partial charge >= 0.3 is 5.97 Å². The molecule has 3 nitrogen and oxygen atoms in total. The summed E-state index contributed by atoms with van der Waals surface area (Å²) in [6, 6.07) is 8.06. The SMILES string of the molecule is O=C(O)C=Cc1cc(F)ccc1CSc1ncccc1Br. The molecule has 0 unspecified atom stereocenters. The van der Waals surface area contributed by atoms with Crippen LogP contribution >= 0.6 is 27.7 Å². The van der Waals surface area contributed by atoms with Crippen molar-refractivity contribution in [3.05, 3.63) is 64.0 Å². The number of rotatable bonds is 5. The second-order valence-electron chi connectivity index (χ2n) is 4.09. The van der Waals surface area contributed by atoms with E-state index < -0.39 is 11.8 Å². The van der Waals surface area contributed by atoms with E-state index in [-0.39, 0.29) is 0 Å². The lowest BCUT2D eigenvalue weighted by molar-refractivity contribution is -0.131. The van der Waals surface area contributed by atoms with Gasteiger partial charge in [-0.1, -0.05) is 6.07 Å². The minimum absolute atomic E-state index is 0.396. The number of aliphatic carboxylic acids is 1. The van der Waals surface area contributed by atoms with Crippen LogP contribution in [0.3, 0.4) is 0 Å². The molecule has 21 heavy (non-hydrogen) atoms. The molecule has 1 aromatic heterocycles. The van der Waals surface area contributed by atoms with Crippen molar-refractivity contribution in [2.75, 3.05) is 0 Å². The van der Waals surface area contributed by atoms with E-state index in [0.717, 1.165) is 21.1 Å². The number of hydrogen-bond donors (Lipinski definition) is 1. The molecule has 0 fully saturated rings. The Morgan fingerprint density at radius 3 is 2.95 bits per heavy atom. The van der Waals surface area contributed by atoms with Gasteiger partial charge in [0.1, 0.15) is 10.8 Å². The summed E-state index contributed by atoms with van der Waals surface area (Å²) in [5.74, 6) is -0.895. The Morgan fingerprint density at radius 2 is 2.24 bits per heavy atom. The van der Waals surface area contributed by atoms with Crippen LogP contribution in [0.5, 0.6) is 0 Å². The summed E-state index contributed by atoms with van der Waals surface area (Å²) in [5.41, 5.74) is 1.40. The molecule has 2 aromatic rings. The van der Waals surface area contributed by atoms with Crippen molar-refractivity contribution in [1.82, 2.24) is 4.98 Å². The first kappa shape index (κ1) is 15.7. The Hall–Kier alpha value is -1.66. The molecule has 1 aromatic carbocycles. The van der Waals surface area contributed by atoms with Crippen LogP contribution in [0.15, 0.2) is 52.1 Å². The molecular formula is C15H11BrFNO2S. The molecule has 0 saturated carbocycles. The topological polar surface area (TPSA) is 50.2 Å². The van der Waals surface area contributed by atoms with Gasteiger partial charge in [0, 0.05) is 22.5 Å². The molecule has 0 atom stereocenters. The summed E-state index contributed by atoms with van der Waals surface area (Å²) < 4.78 is 14.2. The molecule has 0 amide bonds. The largest absolute Gasteiger partial charge is 0.478 e. The number of benzene rings is 1. The lowest BCUT2D eigenvalue weighted by Crippen LogP contribution is -1.92. The van der Waals surface area contributed by atoms with Crippen molar-refractivity contribution in [3.63, 3.8) is 0 Å². The number of pyridine rings is 1. The average molecular weight is 368 g/mol. The number of halogens is 2. The van der Waals surface area contributed by atoms with Gasteiger partial charge in [0.25, 0.3) is 0 Å². The lowest BCUT2D eigenvalue weighted by Gasteiger charge is -2.07. The lowest BCUT2D eigenvalue weighted by atomic mass is 10.1. The van der Waals surface area contributed by atoms with Gasteiger partial charge in [-0.2, -0.15) is 0 Å². The standard InChI is InChI=1S/C15H11BrFNO2S/c16-13-2-1-7-18-15(13)21-9-11-3-5-12(17)8-10(11)4-6-14(19)20/h1-8H,9H2,(H,19,20). The van der Waals surface area contributed by atoms with E-state index in [1.165, 1.54) is 30.0 Å². The van der Waals surface area contributed by atoms with Crippen molar-refractivity contribution in [2.24, 2.45) is 0 Å². The summed E-state index contributed by atoms with van der Waals surface area (Å²) >= 11 is 4.91. The fourth-order valence-corrected chi connectivity index (χ4v) is 3.13. The smallest absolute Gasteiger partial charge is 0.328 e. The zero-order valence-electron chi connectivity index (χ0n) is 10.8. The third-order valence-electron chi connectivity index (χ3n) is 2.60. The van der Waals surface area contributed by atoms with Gasteiger partial charge < -0.3 is 5.11 Å². The molecule has 108 valence electrons. The Morgan fingerprint density at radius 1 is 1.43 bits per heavy atom. The zero-order chi connectivity index (χ0) is 15.2. The predicted molar refractivity (Wildman–Crippen MR) is 84.6 cm³/mol. The van der Waals surface area contributed by atoms with Gasteiger partial charge in [0.15, 0.2) is 0 Å². The van der Waals surface area contributed by atoms with Gasteiger partial charge in [-0.05, 0) is 57.4 Å². The summed E-state index contributed by atoms with van der Waals surface area (Å²) in [4.78, 5) is 14.8. The Balaban J connectivity index is 2.20. The first-order chi connectivity index (χ1) is 10.1. The Kier molecular flexibility index (Phi) is 5.52. The summed E-state index contributed by atoms with van der Waals surface area (Å²) in [7, 11) is 0. The normalized spacial score (nSPS) is 11.0. The summed E-state index contributed by atoms with van der Waals surface area (Å²) in [6.45, 7) is 0. The fourth-order valence-electron chi connectivity index (χ4n) is 1.64. The molecule has 0 spiro atoms. The highest BCUT2D eigenvalue weighted by atomic mass is 79.9. The molecule has 1 N–H and O–H groups in total. The number of aromatic nitrogens is 1. The van der Waals surface area contributed by atoms with Gasteiger partial charge in [-0.25, -0.2) is 14.2 Å². The molecule has 0 saturated heterocycles. The molecule has 0 radical (unpaired) electrons. The Bertz CT molecular complexity index is 691. The predicted octanol–water partition coefficient (Wildman–Crippen LogP) is 4.37.